The van der Waals surface area contributed by atoms with Crippen LogP contribution in [0.5, 0.6) is 0 Å². The molecule has 3 N–H and O–H groups in total. The van der Waals surface area contributed by atoms with Crippen molar-refractivity contribution in [1.82, 2.24) is 15.6 Å². The van der Waals surface area contributed by atoms with Gasteiger partial charge < -0.3 is 5.32 Å². The third-order valence-electron chi connectivity index (χ3n) is 5.28. The second-order valence-corrected chi connectivity index (χ2v) is 9.37. The normalized spacial score (nSPS) is 12.1. The zero-order chi connectivity index (χ0) is 24.0. The van der Waals surface area contributed by atoms with E-state index in [9.17, 15) is 18.0 Å². The Morgan fingerprint density at radius 3 is 2.06 bits per heavy atom. The molecule has 0 aliphatic heterocycles. The maximum atomic E-state index is 13.0. The van der Waals surface area contributed by atoms with Gasteiger partial charge in [0.15, 0.2) is 0 Å². The number of rotatable bonds is 8. The van der Waals surface area contributed by atoms with Crippen LogP contribution in [0.25, 0.3) is 10.8 Å². The fourth-order valence-electron chi connectivity index (χ4n) is 3.49. The lowest BCUT2D eigenvalue weighted by molar-refractivity contribution is -0.123. The van der Waals surface area contributed by atoms with Crippen molar-refractivity contribution in [3.8, 4) is 0 Å². The number of benzene rings is 4. The van der Waals surface area contributed by atoms with Crippen LogP contribution in [0, 0.1) is 0 Å². The fraction of sp³-hybridized carbons (Fsp3) is 0.0769. The molecule has 4 rings (SSSR count). The Labute approximate surface area is 197 Å². The summed E-state index contributed by atoms with van der Waals surface area (Å²) in [5.41, 5.74) is 3.45. The summed E-state index contributed by atoms with van der Waals surface area (Å²) in [5, 5.41) is 4.63. The maximum absolute atomic E-state index is 13.0. The molecule has 172 valence electrons. The topological polar surface area (TPSA) is 104 Å². The summed E-state index contributed by atoms with van der Waals surface area (Å²) in [4.78, 5) is 28.0. The molecule has 0 saturated carbocycles. The van der Waals surface area contributed by atoms with Crippen molar-refractivity contribution >= 4 is 32.6 Å². The van der Waals surface area contributed by atoms with E-state index in [0.717, 1.165) is 16.3 Å². The molecule has 0 radical (unpaired) electrons. The first-order chi connectivity index (χ1) is 16.4. The molecular formula is C26H23N3O4S. The van der Waals surface area contributed by atoms with Crippen LogP contribution >= 0.6 is 0 Å². The Morgan fingerprint density at radius 2 is 1.35 bits per heavy atom. The molecule has 8 heteroatoms. The van der Waals surface area contributed by atoms with Gasteiger partial charge in [-0.25, -0.2) is 8.42 Å². The van der Waals surface area contributed by atoms with Crippen molar-refractivity contribution in [1.29, 1.82) is 0 Å². The lowest BCUT2D eigenvalue weighted by Crippen LogP contribution is -2.53. The maximum Gasteiger partial charge on any atom is 0.257 e. The Balaban J connectivity index is 1.52. The fourth-order valence-corrected chi connectivity index (χ4v) is 4.36. The number of amides is 2. The van der Waals surface area contributed by atoms with Gasteiger partial charge in [0.25, 0.3) is 21.8 Å². The third kappa shape index (κ3) is 5.67. The highest BCUT2D eigenvalue weighted by Gasteiger charge is 2.24. The van der Waals surface area contributed by atoms with Gasteiger partial charge in [-0.2, -0.15) is 0 Å². The highest BCUT2D eigenvalue weighted by atomic mass is 32.2. The number of carbonyl (C=O) groups is 2. The lowest BCUT2D eigenvalue weighted by Gasteiger charge is -2.19. The van der Waals surface area contributed by atoms with Crippen LogP contribution in [0.4, 0.5) is 0 Å². The summed E-state index contributed by atoms with van der Waals surface area (Å²) < 4.78 is 24.9. The molecule has 2 amide bonds. The van der Waals surface area contributed by atoms with Gasteiger partial charge in [-0.3, -0.25) is 15.0 Å². The predicted molar refractivity (Wildman–Crippen MR) is 130 cm³/mol. The van der Waals surface area contributed by atoms with E-state index in [1.807, 2.05) is 60.7 Å². The molecule has 4 aromatic rings. The van der Waals surface area contributed by atoms with E-state index in [-0.39, 0.29) is 11.3 Å². The number of sulfonamides is 1. The molecule has 34 heavy (non-hydrogen) atoms. The minimum atomic E-state index is -3.96. The average Bonchev–Trinajstić information content (AvgIpc) is 2.87. The second-order valence-electron chi connectivity index (χ2n) is 7.69. The number of carbonyl (C=O) groups excluding carboxylic acids is 2. The number of fused-ring (bicyclic) bond motifs is 1. The van der Waals surface area contributed by atoms with Crippen LogP contribution in [0.3, 0.4) is 0 Å². The van der Waals surface area contributed by atoms with Gasteiger partial charge in [0.05, 0.1) is 4.90 Å². The molecule has 7 nitrogen and oxygen atoms in total. The molecule has 0 bridgehead atoms. The first-order valence-electron chi connectivity index (χ1n) is 10.6. The Morgan fingerprint density at radius 1 is 0.735 bits per heavy atom. The Hall–Kier alpha value is -4.01. The second kappa shape index (κ2) is 10.3. The number of hydrogen-bond acceptors (Lipinski definition) is 4. The minimum absolute atomic E-state index is 0.00936. The summed E-state index contributed by atoms with van der Waals surface area (Å²) in [5.74, 6) is -1.12. The lowest BCUT2D eigenvalue weighted by atomic mass is 10.0. The monoisotopic (exact) mass is 473 g/mol. The van der Waals surface area contributed by atoms with Crippen LogP contribution in [-0.4, -0.2) is 26.3 Å². The third-order valence-corrected chi connectivity index (χ3v) is 6.54. The Bertz CT molecular complexity index is 1410. The van der Waals surface area contributed by atoms with Gasteiger partial charge >= 0.3 is 0 Å². The SMILES string of the molecule is O=C(NC(Cc1ccccc1)C(=O)NNS(=O)(=O)c1ccccc1)c1ccc2ccccc2c1. The van der Waals surface area contributed by atoms with E-state index in [4.69, 9.17) is 0 Å². The predicted octanol–water partition coefficient (Wildman–Crippen LogP) is 3.19. The first kappa shape index (κ1) is 23.2. The number of hydrazine groups is 1. The van der Waals surface area contributed by atoms with Gasteiger partial charge in [0.2, 0.25) is 0 Å². The van der Waals surface area contributed by atoms with Crippen LogP contribution in [-0.2, 0) is 21.2 Å². The van der Waals surface area contributed by atoms with Crippen molar-refractivity contribution in [3.63, 3.8) is 0 Å². The van der Waals surface area contributed by atoms with E-state index >= 15 is 0 Å². The van der Waals surface area contributed by atoms with Crippen molar-refractivity contribution in [2.75, 3.05) is 0 Å². The van der Waals surface area contributed by atoms with E-state index in [1.165, 1.54) is 12.1 Å². The molecule has 0 aliphatic carbocycles. The highest BCUT2D eigenvalue weighted by Crippen LogP contribution is 2.16. The van der Waals surface area contributed by atoms with Gasteiger partial charge in [0, 0.05) is 12.0 Å². The molecule has 0 fully saturated rings. The van der Waals surface area contributed by atoms with Gasteiger partial charge in [0.1, 0.15) is 6.04 Å². The largest absolute Gasteiger partial charge is 0.340 e. The Kier molecular flexibility index (Phi) is 7.01. The smallest absolute Gasteiger partial charge is 0.257 e. The summed E-state index contributed by atoms with van der Waals surface area (Å²) >= 11 is 0. The van der Waals surface area contributed by atoms with E-state index in [2.05, 4.69) is 15.6 Å². The van der Waals surface area contributed by atoms with Gasteiger partial charge in [-0.1, -0.05) is 78.9 Å². The zero-order valence-electron chi connectivity index (χ0n) is 18.1. The van der Waals surface area contributed by atoms with Crippen molar-refractivity contribution in [2.24, 2.45) is 0 Å². The van der Waals surface area contributed by atoms with E-state index < -0.39 is 27.9 Å². The molecule has 0 spiro atoms. The number of hydrogen-bond donors (Lipinski definition) is 3. The van der Waals surface area contributed by atoms with Crippen molar-refractivity contribution < 1.29 is 18.0 Å². The highest BCUT2D eigenvalue weighted by molar-refractivity contribution is 7.89. The van der Waals surface area contributed by atoms with Gasteiger partial charge in [-0.15, -0.1) is 4.83 Å². The minimum Gasteiger partial charge on any atom is -0.340 e. The van der Waals surface area contributed by atoms with Crippen LogP contribution in [0.1, 0.15) is 15.9 Å². The van der Waals surface area contributed by atoms with E-state index in [0.29, 0.717) is 5.56 Å². The number of nitrogens with one attached hydrogen (secondary N) is 3. The van der Waals surface area contributed by atoms with Crippen molar-refractivity contribution in [3.05, 3.63) is 114 Å². The standard InChI is InChI=1S/C26H23N3O4S/c30-25(22-16-15-20-11-7-8-12-21(20)18-22)27-24(17-19-9-3-1-4-10-19)26(31)28-29-34(32,33)23-13-5-2-6-14-23/h1-16,18,24,29H,17H2,(H,27,30)(H,28,31). The zero-order valence-corrected chi connectivity index (χ0v) is 19.0. The molecule has 1 atom stereocenters. The van der Waals surface area contributed by atoms with Crippen LogP contribution in [0.15, 0.2) is 108 Å². The molecule has 0 aromatic heterocycles. The van der Waals surface area contributed by atoms with E-state index in [1.54, 1.807) is 30.3 Å². The molecule has 1 unspecified atom stereocenters. The quantitative estimate of drug-likeness (QED) is 0.342. The van der Waals surface area contributed by atoms with Crippen molar-refractivity contribution in [2.45, 2.75) is 17.4 Å². The molecule has 0 saturated heterocycles. The molecular weight excluding hydrogens is 450 g/mol. The summed E-state index contributed by atoms with van der Waals surface area (Å²) in [7, 11) is -3.96. The summed E-state index contributed by atoms with van der Waals surface area (Å²) in [6.07, 6.45) is 0.180. The van der Waals surface area contributed by atoms with Crippen LogP contribution in [0.2, 0.25) is 0 Å². The van der Waals surface area contributed by atoms with Gasteiger partial charge in [-0.05, 0) is 40.6 Å². The molecule has 4 aromatic carbocycles. The summed E-state index contributed by atoms with van der Waals surface area (Å²) in [6.45, 7) is 0. The molecule has 0 heterocycles. The first-order valence-corrected chi connectivity index (χ1v) is 12.1. The van der Waals surface area contributed by atoms with Crippen LogP contribution < -0.4 is 15.6 Å². The molecule has 0 aliphatic rings. The summed E-state index contributed by atoms with van der Waals surface area (Å²) in [6, 6.07) is 28.8. The average molecular weight is 474 g/mol.